The highest BCUT2D eigenvalue weighted by molar-refractivity contribution is 5.96. The van der Waals surface area contributed by atoms with Gasteiger partial charge in [0.25, 0.3) is 11.5 Å². The molecule has 1 unspecified atom stereocenters. The molecule has 12 nitrogen and oxygen atoms in total. The van der Waals surface area contributed by atoms with Crippen LogP contribution in [-0.2, 0) is 16.0 Å². The zero-order valence-corrected chi connectivity index (χ0v) is 17.8. The van der Waals surface area contributed by atoms with Crippen molar-refractivity contribution in [2.24, 2.45) is 0 Å². The molecule has 1 aromatic heterocycles. The van der Waals surface area contributed by atoms with Crippen LogP contribution in [0.3, 0.4) is 0 Å². The summed E-state index contributed by atoms with van der Waals surface area (Å²) in [5.74, 6) is -2.53. The summed E-state index contributed by atoms with van der Waals surface area (Å²) in [6.07, 6.45) is 1.62. The number of carboxylic acids is 2. The molecule has 8 N–H and O–H groups in total. The molecule has 12 heteroatoms. The Morgan fingerprint density at radius 1 is 1.21 bits per heavy atom. The van der Waals surface area contributed by atoms with Gasteiger partial charge in [0.15, 0.2) is 5.82 Å². The van der Waals surface area contributed by atoms with Crippen LogP contribution in [0, 0.1) is 0 Å². The molecule has 1 amide bonds. The summed E-state index contributed by atoms with van der Waals surface area (Å²) >= 11 is 0. The van der Waals surface area contributed by atoms with Gasteiger partial charge in [-0.2, -0.15) is 4.98 Å². The van der Waals surface area contributed by atoms with Crippen molar-refractivity contribution < 1.29 is 24.6 Å². The number of aromatic amines is 1. The first-order valence-corrected chi connectivity index (χ1v) is 10.5. The van der Waals surface area contributed by atoms with Crippen LogP contribution >= 0.6 is 0 Å². The Bertz CT molecular complexity index is 1080. The van der Waals surface area contributed by atoms with Crippen molar-refractivity contribution in [3.05, 3.63) is 45.7 Å². The number of aliphatic carboxylic acids is 2. The average Bonchev–Trinajstić information content (AvgIpc) is 2.97. The van der Waals surface area contributed by atoms with Crippen LogP contribution in [0.15, 0.2) is 29.1 Å². The van der Waals surface area contributed by atoms with Crippen molar-refractivity contribution >= 4 is 35.3 Å². The molecular formula is C21H26N6O6. The number of anilines is 3. The highest BCUT2D eigenvalue weighted by atomic mass is 16.4. The number of hydrogen-bond acceptors (Lipinski definition) is 8. The molecule has 3 rings (SSSR count). The van der Waals surface area contributed by atoms with E-state index in [-0.39, 0.29) is 36.0 Å². The molecule has 0 bridgehead atoms. The van der Waals surface area contributed by atoms with Crippen LogP contribution in [0.4, 0.5) is 17.5 Å². The largest absolute Gasteiger partial charge is 0.481 e. The minimum Gasteiger partial charge on any atom is -0.481 e. The monoisotopic (exact) mass is 458 g/mol. The van der Waals surface area contributed by atoms with E-state index in [2.05, 4.69) is 25.9 Å². The second kappa shape index (κ2) is 10.5. The molecule has 2 heterocycles. The van der Waals surface area contributed by atoms with Gasteiger partial charge in [0.2, 0.25) is 5.95 Å². The van der Waals surface area contributed by atoms with Crippen molar-refractivity contribution in [3.8, 4) is 0 Å². The molecule has 0 saturated carbocycles. The molecule has 0 fully saturated rings. The average molecular weight is 458 g/mol. The van der Waals surface area contributed by atoms with Gasteiger partial charge in [-0.25, -0.2) is 4.79 Å². The maximum Gasteiger partial charge on any atom is 0.326 e. The van der Waals surface area contributed by atoms with Crippen molar-refractivity contribution in [2.45, 2.75) is 44.2 Å². The number of nitrogens with zero attached hydrogens (tertiary/aromatic N) is 1. The first-order chi connectivity index (χ1) is 15.7. The second-order valence-electron chi connectivity index (χ2n) is 7.76. The molecule has 1 aliphatic rings. The highest BCUT2D eigenvalue weighted by Gasteiger charge is 2.22. The number of fused-ring (bicyclic) bond motifs is 1. The Morgan fingerprint density at radius 3 is 2.61 bits per heavy atom. The Hall–Kier alpha value is -4.09. The van der Waals surface area contributed by atoms with E-state index in [4.69, 9.17) is 10.8 Å². The Kier molecular flexibility index (Phi) is 7.49. The normalized spacial score (nSPS) is 15.8. The van der Waals surface area contributed by atoms with Gasteiger partial charge in [-0.3, -0.25) is 19.4 Å². The number of carbonyl (C=O) groups excluding carboxylic acids is 1. The first kappa shape index (κ1) is 23.6. The molecule has 33 heavy (non-hydrogen) atoms. The lowest BCUT2D eigenvalue weighted by Crippen LogP contribution is -2.41. The van der Waals surface area contributed by atoms with Crippen LogP contribution in [0.25, 0.3) is 0 Å². The fourth-order valence-corrected chi connectivity index (χ4v) is 3.54. The van der Waals surface area contributed by atoms with E-state index in [0.29, 0.717) is 24.5 Å². The number of nitrogen functional groups attached to an aromatic ring is 1. The molecule has 0 spiro atoms. The van der Waals surface area contributed by atoms with Crippen molar-refractivity contribution in [1.29, 1.82) is 0 Å². The maximum absolute atomic E-state index is 12.3. The zero-order chi connectivity index (χ0) is 24.0. The number of amides is 1. The van der Waals surface area contributed by atoms with Crippen molar-refractivity contribution in [3.63, 3.8) is 0 Å². The zero-order valence-electron chi connectivity index (χ0n) is 17.8. The standard InChI is InChI=1S/C21H26N6O6/c22-21-26-17-16(19(31)27-21)24-13(9-10-23-17)6-3-11-1-4-12(5-2-11)18(30)25-14(20(32)33)7-8-15(28)29/h1-2,4-5,13-14,24H,3,6-10H2,(H,25,30)(H,28,29)(H,32,33)(H4,22,23,26,27,31)/t13?,14-/m0/s1. The number of benzene rings is 1. The molecule has 2 atom stereocenters. The van der Waals surface area contributed by atoms with Crippen molar-refractivity contribution in [2.75, 3.05) is 22.9 Å². The van der Waals surface area contributed by atoms with Crippen LogP contribution in [0.1, 0.15) is 41.6 Å². The lowest BCUT2D eigenvalue weighted by Gasteiger charge is -2.17. The number of H-pyrrole nitrogens is 1. The number of hydrogen-bond donors (Lipinski definition) is 7. The number of nitrogens with two attached hydrogens (primary N) is 1. The quantitative estimate of drug-likeness (QED) is 0.279. The predicted molar refractivity (Wildman–Crippen MR) is 120 cm³/mol. The van der Waals surface area contributed by atoms with Gasteiger partial charge < -0.3 is 31.9 Å². The van der Waals surface area contributed by atoms with Crippen LogP contribution in [0.2, 0.25) is 0 Å². The first-order valence-electron chi connectivity index (χ1n) is 10.5. The van der Waals surface area contributed by atoms with E-state index in [1.165, 1.54) is 0 Å². The van der Waals surface area contributed by atoms with Gasteiger partial charge in [0.05, 0.1) is 0 Å². The van der Waals surface area contributed by atoms with Gasteiger partial charge in [0.1, 0.15) is 11.7 Å². The Morgan fingerprint density at radius 2 is 1.94 bits per heavy atom. The minimum absolute atomic E-state index is 0.0267. The van der Waals surface area contributed by atoms with Gasteiger partial charge in [-0.1, -0.05) is 12.1 Å². The third kappa shape index (κ3) is 6.45. The van der Waals surface area contributed by atoms with E-state index >= 15 is 0 Å². The molecule has 176 valence electrons. The number of aromatic nitrogens is 2. The van der Waals surface area contributed by atoms with E-state index in [0.717, 1.165) is 18.4 Å². The number of carbonyl (C=O) groups is 3. The molecule has 0 saturated heterocycles. The second-order valence-corrected chi connectivity index (χ2v) is 7.76. The van der Waals surface area contributed by atoms with Gasteiger partial charge in [-0.05, 0) is 43.4 Å². The summed E-state index contributed by atoms with van der Waals surface area (Å²) in [6.45, 7) is 0.631. The van der Waals surface area contributed by atoms with E-state index in [1.54, 1.807) is 24.3 Å². The van der Waals surface area contributed by atoms with Gasteiger partial charge in [-0.15, -0.1) is 0 Å². The summed E-state index contributed by atoms with van der Waals surface area (Å²) in [5.41, 5.74) is 6.85. The molecule has 1 aliphatic heterocycles. The number of nitrogens with one attached hydrogen (secondary N) is 4. The van der Waals surface area contributed by atoms with Crippen LogP contribution < -0.4 is 27.2 Å². The minimum atomic E-state index is -1.29. The number of carboxylic acid groups (broad SMARTS) is 2. The SMILES string of the molecule is Nc1nc2c(c(=O)[nH]1)NC(CCc1ccc(C(=O)N[C@@H](CCC(=O)O)C(=O)O)cc1)CCN2. The van der Waals surface area contributed by atoms with E-state index < -0.39 is 23.9 Å². The smallest absolute Gasteiger partial charge is 0.326 e. The molecular weight excluding hydrogens is 432 g/mol. The summed E-state index contributed by atoms with van der Waals surface area (Å²) in [6, 6.07) is 5.49. The fourth-order valence-electron chi connectivity index (χ4n) is 3.54. The summed E-state index contributed by atoms with van der Waals surface area (Å²) in [4.78, 5) is 53.0. The van der Waals surface area contributed by atoms with Crippen molar-refractivity contribution in [1.82, 2.24) is 15.3 Å². The van der Waals surface area contributed by atoms with Crippen LogP contribution in [-0.4, -0.2) is 56.7 Å². The topological polar surface area (TPSA) is 200 Å². The van der Waals surface area contributed by atoms with Crippen LogP contribution in [0.5, 0.6) is 0 Å². The number of aryl methyl sites for hydroxylation is 1. The lowest BCUT2D eigenvalue weighted by atomic mass is 10.0. The van der Waals surface area contributed by atoms with Gasteiger partial charge >= 0.3 is 11.9 Å². The lowest BCUT2D eigenvalue weighted by molar-refractivity contribution is -0.140. The highest BCUT2D eigenvalue weighted by Crippen LogP contribution is 2.22. The Balaban J connectivity index is 1.57. The summed E-state index contributed by atoms with van der Waals surface area (Å²) in [5, 5.41) is 26.6. The molecule has 0 radical (unpaired) electrons. The summed E-state index contributed by atoms with van der Waals surface area (Å²) < 4.78 is 0. The Labute approximate surface area is 188 Å². The third-order valence-corrected chi connectivity index (χ3v) is 5.32. The molecule has 2 aromatic rings. The predicted octanol–water partition coefficient (Wildman–Crippen LogP) is 0.629. The van der Waals surface area contributed by atoms with Gasteiger partial charge in [0, 0.05) is 24.6 Å². The molecule has 1 aromatic carbocycles. The maximum atomic E-state index is 12.3. The van der Waals surface area contributed by atoms with E-state index in [9.17, 15) is 24.3 Å². The molecule has 0 aliphatic carbocycles. The third-order valence-electron chi connectivity index (χ3n) is 5.32. The number of rotatable bonds is 9. The van der Waals surface area contributed by atoms with E-state index in [1.807, 2.05) is 0 Å². The fraction of sp³-hybridized carbons (Fsp3) is 0.381. The summed E-state index contributed by atoms with van der Waals surface area (Å²) in [7, 11) is 0.